The Balaban J connectivity index is 0.00000544. The van der Waals surface area contributed by atoms with Crippen molar-refractivity contribution in [2.24, 2.45) is 11.0 Å². The topological polar surface area (TPSA) is 270 Å². The molecule has 0 spiro atoms. The van der Waals surface area contributed by atoms with Crippen molar-refractivity contribution in [3.8, 4) is 0 Å². The van der Waals surface area contributed by atoms with Crippen LogP contribution in [0.1, 0.15) is 13.3 Å². The Morgan fingerprint density at radius 3 is 2.52 bits per heavy atom. The number of nitrogens with zero attached hydrogens (tertiary/aromatic N) is 4. The molecule has 5 unspecified atom stereocenters. The molecule has 22 heteroatoms. The average molecular weight is 545 g/mol. The Kier molecular flexibility index (Phi) is 11.2. The molecule has 18 nitrogen and oxygen atoms in total. The number of rotatable bonds is 10. The average Bonchev–Trinajstić information content (AvgIpc) is 2.97. The predicted octanol–water partition coefficient (Wildman–Crippen LogP) is -3.27. The Hall–Kier alpha value is -0.380. The molecule has 2 rings (SSSR count). The van der Waals surface area contributed by atoms with Gasteiger partial charge < -0.3 is 29.0 Å². The summed E-state index contributed by atoms with van der Waals surface area (Å²) in [5, 5.41) is 5.66. The predicted molar refractivity (Wildman–Crippen MR) is 98.1 cm³/mol. The van der Waals surface area contributed by atoms with E-state index in [2.05, 4.69) is 24.0 Å². The summed E-state index contributed by atoms with van der Waals surface area (Å²) in [4.78, 5) is 65.0. The molecule has 33 heavy (non-hydrogen) atoms. The van der Waals surface area contributed by atoms with E-state index in [-0.39, 0.29) is 42.5 Å². The number of amides is 3. The fourth-order valence-corrected chi connectivity index (χ4v) is 6.11. The zero-order valence-electron chi connectivity index (χ0n) is 17.2. The Bertz CT molecular complexity index is 941. The van der Waals surface area contributed by atoms with E-state index in [1.807, 2.05) is 0 Å². The van der Waals surface area contributed by atoms with Crippen LogP contribution in [0.25, 0.3) is 10.4 Å². The van der Waals surface area contributed by atoms with Crippen LogP contribution in [-0.2, 0) is 36.6 Å². The monoisotopic (exact) mass is 545 g/mol. The molecule has 2 aliphatic rings. The molecule has 0 saturated carbocycles. The van der Waals surface area contributed by atoms with Gasteiger partial charge in [-0.25, -0.2) is 18.0 Å². The van der Waals surface area contributed by atoms with Gasteiger partial charge in [0.05, 0.1) is 24.7 Å². The fourth-order valence-electron chi connectivity index (χ4n) is 2.87. The van der Waals surface area contributed by atoms with E-state index in [1.54, 1.807) is 6.92 Å². The van der Waals surface area contributed by atoms with Crippen molar-refractivity contribution < 1.29 is 90.5 Å². The standard InChI is InChI=1S/C11H20N5O13P3.Na/c1-6-3-16(11(18)13-10(6)17)9-2-7(14-15-12)8(27-9)4-26-5-30(19,20)28-32(24,25)29-31(21,22)23;/h6-9H,2-5H2,1H3,(H,19,20)(H,24,25)(H,13,17,18)(H2,21,22,23);/q;+1/p-1/t6?,7?,8-,9-;/m1./s1. The van der Waals surface area contributed by atoms with E-state index in [0.717, 1.165) is 0 Å². The molecule has 2 saturated heterocycles. The summed E-state index contributed by atoms with van der Waals surface area (Å²) in [6.45, 7) is 1.11. The number of carbonyl (C=O) groups excluding carboxylic acids is 2. The molecule has 0 aromatic heterocycles. The number of imide groups is 1. The van der Waals surface area contributed by atoms with Crippen molar-refractivity contribution in [2.45, 2.75) is 31.7 Å². The van der Waals surface area contributed by atoms with Crippen molar-refractivity contribution in [1.82, 2.24) is 10.2 Å². The molecule has 182 valence electrons. The molecule has 3 amide bonds. The Morgan fingerprint density at radius 1 is 1.30 bits per heavy atom. The molecule has 0 radical (unpaired) electrons. The second-order valence-corrected chi connectivity index (χ2v) is 11.4. The minimum absolute atomic E-state index is 0. The number of hydrogen-bond donors (Lipinski definition) is 4. The van der Waals surface area contributed by atoms with Gasteiger partial charge in [-0.1, -0.05) is 12.0 Å². The molecule has 0 aromatic rings. The first-order valence-electron chi connectivity index (χ1n) is 8.62. The van der Waals surface area contributed by atoms with Crippen LogP contribution >= 0.6 is 23.2 Å². The van der Waals surface area contributed by atoms with E-state index in [1.165, 1.54) is 4.90 Å². The van der Waals surface area contributed by atoms with Gasteiger partial charge in [-0.15, -0.1) is 0 Å². The van der Waals surface area contributed by atoms with Crippen LogP contribution in [0.15, 0.2) is 5.11 Å². The Morgan fingerprint density at radius 2 is 1.94 bits per heavy atom. The summed E-state index contributed by atoms with van der Waals surface area (Å²) in [6.07, 6.45) is -3.14. The van der Waals surface area contributed by atoms with Crippen molar-refractivity contribution in [2.75, 3.05) is 19.5 Å². The largest absolute Gasteiger partial charge is 1.00 e. The van der Waals surface area contributed by atoms with Crippen molar-refractivity contribution in [3.63, 3.8) is 0 Å². The molecule has 0 aliphatic carbocycles. The summed E-state index contributed by atoms with van der Waals surface area (Å²) < 4.78 is 51.3. The first-order chi connectivity index (χ1) is 14.6. The van der Waals surface area contributed by atoms with Gasteiger partial charge in [-0.2, -0.15) is 0 Å². The number of azide groups is 1. The van der Waals surface area contributed by atoms with E-state index in [0.29, 0.717) is 0 Å². The normalized spacial score (nSPS) is 30.8. The number of nitrogens with one attached hydrogen (secondary N) is 1. The first kappa shape index (κ1) is 30.7. The molecular formula is C11H19N5NaO13P3. The third-order valence-corrected chi connectivity index (χ3v) is 8.14. The number of hydrogen-bond acceptors (Lipinski definition) is 11. The van der Waals surface area contributed by atoms with Gasteiger partial charge in [0.2, 0.25) is 5.91 Å². The molecular weight excluding hydrogens is 526 g/mol. The Labute approximate surface area is 208 Å². The summed E-state index contributed by atoms with van der Waals surface area (Å²) >= 11 is 0. The van der Waals surface area contributed by atoms with Gasteiger partial charge in [0.15, 0.2) is 0 Å². The van der Waals surface area contributed by atoms with Crippen LogP contribution in [-0.4, -0.2) is 69.4 Å². The minimum Gasteiger partial charge on any atom is -0.756 e. The summed E-state index contributed by atoms with van der Waals surface area (Å²) in [7, 11) is -16.5. The third-order valence-electron chi connectivity index (χ3n) is 4.13. The molecule has 2 fully saturated rings. The summed E-state index contributed by atoms with van der Waals surface area (Å²) in [6, 6.07) is -1.59. The SMILES string of the molecule is CC1CN([C@H]2CC(N=[N+]=[N-])[C@@H](COCP(=O)(O)OP(=O)(O)OP(=O)([O-])O)O2)C(=O)NC1=O.[Na+]. The fraction of sp³-hybridized carbons (Fsp3) is 0.818. The maximum absolute atomic E-state index is 12.1. The molecule has 2 aliphatic heterocycles. The first-order valence-corrected chi connectivity index (χ1v) is 13.4. The summed E-state index contributed by atoms with van der Waals surface area (Å²) in [5.74, 6) is -0.990. The number of ether oxygens (including phenoxy) is 2. The van der Waals surface area contributed by atoms with E-state index < -0.39 is 72.4 Å². The van der Waals surface area contributed by atoms with Crippen LogP contribution in [0.3, 0.4) is 0 Å². The second-order valence-electron chi connectivity index (χ2n) is 6.72. The van der Waals surface area contributed by atoms with E-state index >= 15 is 0 Å². The van der Waals surface area contributed by atoms with Gasteiger partial charge in [-0.3, -0.25) is 24.1 Å². The second kappa shape index (κ2) is 12.0. The number of urea groups is 1. The zero-order valence-corrected chi connectivity index (χ0v) is 21.9. The molecule has 4 N–H and O–H groups in total. The quantitative estimate of drug-likeness (QED) is 0.0690. The van der Waals surface area contributed by atoms with Gasteiger partial charge in [0.1, 0.15) is 12.6 Å². The summed E-state index contributed by atoms with van der Waals surface area (Å²) in [5.41, 5.74) is 8.72. The smallest absolute Gasteiger partial charge is 0.756 e. The van der Waals surface area contributed by atoms with Crippen LogP contribution in [0.2, 0.25) is 0 Å². The number of phosphoric acid groups is 2. The van der Waals surface area contributed by atoms with E-state index in [4.69, 9.17) is 24.8 Å². The van der Waals surface area contributed by atoms with Crippen LogP contribution in [0.5, 0.6) is 0 Å². The van der Waals surface area contributed by atoms with Gasteiger partial charge >= 0.3 is 51.0 Å². The molecule has 7 atom stereocenters. The minimum atomic E-state index is -5.75. The van der Waals surface area contributed by atoms with Crippen LogP contribution < -0.4 is 39.8 Å². The van der Waals surface area contributed by atoms with Crippen LogP contribution in [0, 0.1) is 5.92 Å². The molecule has 0 bridgehead atoms. The van der Waals surface area contributed by atoms with Gasteiger partial charge in [0.25, 0.3) is 7.82 Å². The van der Waals surface area contributed by atoms with E-state index in [9.17, 15) is 33.1 Å². The van der Waals surface area contributed by atoms with Crippen molar-refractivity contribution >= 4 is 35.2 Å². The zero-order chi connectivity index (χ0) is 24.3. The van der Waals surface area contributed by atoms with Gasteiger partial charge in [-0.05, 0) is 5.53 Å². The molecule has 2 heterocycles. The maximum atomic E-state index is 12.1. The van der Waals surface area contributed by atoms with Crippen molar-refractivity contribution in [3.05, 3.63) is 10.4 Å². The third kappa shape index (κ3) is 9.65. The van der Waals surface area contributed by atoms with Crippen LogP contribution in [0.4, 0.5) is 4.79 Å². The van der Waals surface area contributed by atoms with Gasteiger partial charge in [0, 0.05) is 17.9 Å². The number of carbonyl (C=O) groups is 2. The maximum Gasteiger partial charge on any atom is 1.00 e. The molecule has 0 aromatic carbocycles. The van der Waals surface area contributed by atoms with Crippen molar-refractivity contribution in [1.29, 1.82) is 0 Å².